The lowest BCUT2D eigenvalue weighted by molar-refractivity contribution is -0.131. The molecule has 0 aliphatic carbocycles. The second kappa shape index (κ2) is 7.80. The molecule has 4 rings (SSSR count). The van der Waals surface area contributed by atoms with Crippen LogP contribution in [-0.2, 0) is 4.79 Å². The molecule has 0 radical (unpaired) electrons. The third-order valence-electron chi connectivity index (χ3n) is 5.16. The Balaban J connectivity index is 1.54. The Morgan fingerprint density at radius 1 is 1.07 bits per heavy atom. The van der Waals surface area contributed by atoms with E-state index in [1.807, 2.05) is 24.9 Å². The van der Waals surface area contributed by atoms with Crippen LogP contribution in [0.3, 0.4) is 0 Å². The van der Waals surface area contributed by atoms with Gasteiger partial charge >= 0.3 is 0 Å². The predicted molar refractivity (Wildman–Crippen MR) is 111 cm³/mol. The average molecular weight is 376 g/mol. The van der Waals surface area contributed by atoms with Crippen molar-refractivity contribution >= 4 is 28.4 Å². The second-order valence-electron chi connectivity index (χ2n) is 6.80. The molecule has 3 aromatic rings. The van der Waals surface area contributed by atoms with Crippen LogP contribution >= 0.6 is 0 Å². The van der Waals surface area contributed by atoms with Crippen LogP contribution in [0, 0.1) is 0 Å². The number of carbonyl (C=O) groups is 1. The van der Waals surface area contributed by atoms with Gasteiger partial charge in [0.15, 0.2) is 5.82 Å². The number of nitrogens with one attached hydrogen (secondary N) is 1. The number of pyridine rings is 1. The van der Waals surface area contributed by atoms with Crippen molar-refractivity contribution in [3.05, 3.63) is 42.7 Å². The fourth-order valence-corrected chi connectivity index (χ4v) is 3.57. The van der Waals surface area contributed by atoms with E-state index in [1.165, 1.54) is 5.69 Å². The molecular weight excluding hydrogens is 352 g/mol. The summed E-state index contributed by atoms with van der Waals surface area (Å²) in [5, 5.41) is 3.11. The molecule has 0 bridgehead atoms. The fraction of sp³-hybridized carbons (Fsp3) is 0.333. The van der Waals surface area contributed by atoms with Crippen molar-refractivity contribution in [2.24, 2.45) is 0 Å². The minimum absolute atomic E-state index is 0.237. The van der Waals surface area contributed by atoms with Crippen LogP contribution in [0.15, 0.2) is 42.7 Å². The van der Waals surface area contributed by atoms with E-state index < -0.39 is 0 Å². The van der Waals surface area contributed by atoms with Crippen molar-refractivity contribution in [2.45, 2.75) is 13.3 Å². The zero-order valence-corrected chi connectivity index (χ0v) is 16.2. The summed E-state index contributed by atoms with van der Waals surface area (Å²) >= 11 is 0. The molecule has 0 unspecified atom stereocenters. The zero-order valence-electron chi connectivity index (χ0n) is 16.2. The maximum absolute atomic E-state index is 11.8. The van der Waals surface area contributed by atoms with Crippen molar-refractivity contribution in [3.63, 3.8) is 0 Å². The first-order chi connectivity index (χ1) is 13.7. The van der Waals surface area contributed by atoms with Crippen molar-refractivity contribution in [2.75, 3.05) is 43.4 Å². The molecule has 0 saturated carbocycles. The Hall–Kier alpha value is -3.22. The molecule has 0 atom stereocenters. The highest BCUT2D eigenvalue weighted by molar-refractivity contribution is 5.88. The molecule has 28 heavy (non-hydrogen) atoms. The minimum atomic E-state index is 0.237. The summed E-state index contributed by atoms with van der Waals surface area (Å²) in [5.41, 5.74) is 4.65. The van der Waals surface area contributed by atoms with Gasteiger partial charge < -0.3 is 15.1 Å². The zero-order chi connectivity index (χ0) is 19.5. The minimum Gasteiger partial charge on any atom is -0.371 e. The van der Waals surface area contributed by atoms with E-state index in [0.29, 0.717) is 6.42 Å². The molecular formula is C21H24N6O. The van der Waals surface area contributed by atoms with Gasteiger partial charge in [-0.15, -0.1) is 0 Å². The summed E-state index contributed by atoms with van der Waals surface area (Å²) in [5.74, 6) is 0.960. The van der Waals surface area contributed by atoms with E-state index in [4.69, 9.17) is 4.98 Å². The normalized spacial score (nSPS) is 14.4. The number of aromatic nitrogens is 3. The van der Waals surface area contributed by atoms with Gasteiger partial charge in [-0.25, -0.2) is 9.97 Å². The summed E-state index contributed by atoms with van der Waals surface area (Å²) in [4.78, 5) is 29.6. The van der Waals surface area contributed by atoms with Gasteiger partial charge in [-0.05, 0) is 18.2 Å². The highest BCUT2D eigenvalue weighted by atomic mass is 16.2. The molecule has 1 fully saturated rings. The van der Waals surface area contributed by atoms with Gasteiger partial charge in [0.05, 0.1) is 11.2 Å². The van der Waals surface area contributed by atoms with Crippen LogP contribution < -0.4 is 10.2 Å². The van der Waals surface area contributed by atoms with E-state index in [2.05, 4.69) is 44.5 Å². The number of nitrogens with zero attached hydrogens (tertiary/aromatic N) is 5. The quantitative estimate of drug-likeness (QED) is 0.755. The molecule has 1 N–H and O–H groups in total. The lowest BCUT2D eigenvalue weighted by atomic mass is 10.1. The number of fused-ring (bicyclic) bond motifs is 1. The standard InChI is InChI=1S/C21H24N6O/c1-3-19(28)27-12-10-26(11-13-27)16-6-4-15(5-7-16)17-14-18-20(21(22-2)25-17)24-9-8-23-18/h4-9,14H,3,10-13H2,1-2H3,(H,22,25). The number of hydrogen-bond acceptors (Lipinski definition) is 6. The van der Waals surface area contributed by atoms with Crippen molar-refractivity contribution in [1.82, 2.24) is 19.9 Å². The van der Waals surface area contributed by atoms with Crippen LogP contribution in [-0.4, -0.2) is 59.0 Å². The van der Waals surface area contributed by atoms with E-state index in [9.17, 15) is 4.79 Å². The summed E-state index contributed by atoms with van der Waals surface area (Å²) in [7, 11) is 1.84. The van der Waals surface area contributed by atoms with E-state index in [-0.39, 0.29) is 5.91 Å². The lowest BCUT2D eigenvalue weighted by Crippen LogP contribution is -2.48. The molecule has 1 saturated heterocycles. The van der Waals surface area contributed by atoms with Crippen molar-refractivity contribution < 1.29 is 4.79 Å². The van der Waals surface area contributed by atoms with Crippen molar-refractivity contribution in [3.8, 4) is 11.3 Å². The Labute approximate surface area is 164 Å². The molecule has 1 aromatic carbocycles. The number of hydrogen-bond donors (Lipinski definition) is 1. The van der Waals surface area contributed by atoms with E-state index in [1.54, 1.807) is 12.4 Å². The van der Waals surface area contributed by atoms with Gasteiger partial charge in [0.2, 0.25) is 5.91 Å². The summed E-state index contributed by atoms with van der Waals surface area (Å²) in [6.45, 7) is 5.20. The van der Waals surface area contributed by atoms with Gasteiger partial charge in [0.1, 0.15) is 5.52 Å². The first-order valence-electron chi connectivity index (χ1n) is 9.62. The van der Waals surface area contributed by atoms with Gasteiger partial charge in [0.25, 0.3) is 0 Å². The Bertz CT molecular complexity index is 980. The van der Waals surface area contributed by atoms with Gasteiger partial charge in [-0.3, -0.25) is 9.78 Å². The van der Waals surface area contributed by atoms with Gasteiger partial charge in [-0.2, -0.15) is 0 Å². The third-order valence-corrected chi connectivity index (χ3v) is 5.16. The molecule has 1 amide bonds. The van der Waals surface area contributed by atoms with Crippen LogP contribution in [0.4, 0.5) is 11.5 Å². The second-order valence-corrected chi connectivity index (χ2v) is 6.80. The smallest absolute Gasteiger partial charge is 0.222 e. The first-order valence-corrected chi connectivity index (χ1v) is 9.62. The number of amides is 1. The maximum Gasteiger partial charge on any atom is 0.222 e. The monoisotopic (exact) mass is 376 g/mol. The van der Waals surface area contributed by atoms with E-state index >= 15 is 0 Å². The maximum atomic E-state index is 11.8. The van der Waals surface area contributed by atoms with E-state index in [0.717, 1.165) is 54.3 Å². The number of anilines is 2. The molecule has 1 aliphatic rings. The molecule has 1 aliphatic heterocycles. The number of carbonyl (C=O) groups excluding carboxylic acids is 1. The third kappa shape index (κ3) is 3.47. The highest BCUT2D eigenvalue weighted by Gasteiger charge is 2.20. The molecule has 7 heteroatoms. The number of rotatable bonds is 4. The Morgan fingerprint density at radius 2 is 1.79 bits per heavy atom. The lowest BCUT2D eigenvalue weighted by Gasteiger charge is -2.36. The largest absolute Gasteiger partial charge is 0.371 e. The Morgan fingerprint density at radius 3 is 2.46 bits per heavy atom. The van der Waals surface area contributed by atoms with Crippen LogP contribution in [0.2, 0.25) is 0 Å². The molecule has 2 aromatic heterocycles. The van der Waals surface area contributed by atoms with Crippen molar-refractivity contribution in [1.29, 1.82) is 0 Å². The molecule has 144 valence electrons. The van der Waals surface area contributed by atoms with Gasteiger partial charge in [-0.1, -0.05) is 19.1 Å². The van der Waals surface area contributed by atoms with Crippen LogP contribution in [0.25, 0.3) is 22.3 Å². The molecule has 0 spiro atoms. The summed E-state index contributed by atoms with van der Waals surface area (Å²) < 4.78 is 0. The Kier molecular flexibility index (Phi) is 5.06. The molecule has 7 nitrogen and oxygen atoms in total. The first kappa shape index (κ1) is 18.2. The number of benzene rings is 1. The number of piperazine rings is 1. The summed E-state index contributed by atoms with van der Waals surface area (Å²) in [6, 6.07) is 10.4. The topological polar surface area (TPSA) is 74.2 Å². The average Bonchev–Trinajstić information content (AvgIpc) is 2.78. The molecule has 3 heterocycles. The van der Waals surface area contributed by atoms with Crippen LogP contribution in [0.1, 0.15) is 13.3 Å². The van der Waals surface area contributed by atoms with Gasteiger partial charge in [0, 0.05) is 63.3 Å². The van der Waals surface area contributed by atoms with Crippen LogP contribution in [0.5, 0.6) is 0 Å². The highest BCUT2D eigenvalue weighted by Crippen LogP contribution is 2.27. The fourth-order valence-electron chi connectivity index (χ4n) is 3.57. The summed E-state index contributed by atoms with van der Waals surface area (Å²) in [6.07, 6.45) is 3.94. The SMILES string of the molecule is CCC(=O)N1CCN(c2ccc(-c3cc4nccnc4c(NC)n3)cc2)CC1. The predicted octanol–water partition coefficient (Wildman–Crippen LogP) is 2.79.